The molecule has 0 spiro atoms. The average molecular weight is 477 g/mol. The number of rotatable bonds is 5. The fourth-order valence-corrected chi connectivity index (χ4v) is 4.69. The van der Waals surface area contributed by atoms with Gasteiger partial charge in [0, 0.05) is 24.2 Å². The first-order valence-electron chi connectivity index (χ1n) is 11.8. The summed E-state index contributed by atoms with van der Waals surface area (Å²) in [6, 6.07) is 13.5. The van der Waals surface area contributed by atoms with E-state index < -0.39 is 0 Å². The third-order valence-corrected chi connectivity index (χ3v) is 6.65. The van der Waals surface area contributed by atoms with E-state index in [1.54, 1.807) is 16.8 Å². The van der Waals surface area contributed by atoms with Gasteiger partial charge in [-0.3, -0.25) is 14.5 Å². The first-order chi connectivity index (χ1) is 17.1. The molecule has 0 aliphatic carbocycles. The van der Waals surface area contributed by atoms with Crippen LogP contribution in [0.25, 0.3) is 5.69 Å². The number of methoxy groups -OCH3 is 1. The molecule has 1 aromatic heterocycles. The normalized spacial score (nSPS) is 16.8. The van der Waals surface area contributed by atoms with Crippen LogP contribution in [0, 0.1) is 5.92 Å². The van der Waals surface area contributed by atoms with Gasteiger partial charge in [0.25, 0.3) is 5.91 Å². The molecule has 3 aromatic rings. The second-order valence-corrected chi connectivity index (χ2v) is 8.89. The number of likely N-dealkylation sites (tertiary alicyclic amines) is 1. The molecular formula is C25H28N6O4. The van der Waals surface area contributed by atoms with Crippen molar-refractivity contribution in [2.75, 3.05) is 33.4 Å². The van der Waals surface area contributed by atoms with E-state index in [1.807, 2.05) is 23.1 Å². The van der Waals surface area contributed by atoms with Crippen molar-refractivity contribution in [3.63, 3.8) is 0 Å². The lowest BCUT2D eigenvalue weighted by Gasteiger charge is -2.30. The number of nitrogens with zero attached hydrogens (tertiary/aromatic N) is 6. The highest BCUT2D eigenvalue weighted by molar-refractivity contribution is 5.94. The van der Waals surface area contributed by atoms with E-state index in [2.05, 4.69) is 32.6 Å². The zero-order valence-electron chi connectivity index (χ0n) is 19.7. The Hall–Kier alpha value is -3.79. The fraction of sp³-hybridized carbons (Fsp3) is 0.400. The summed E-state index contributed by atoms with van der Waals surface area (Å²) >= 11 is 0. The Morgan fingerprint density at radius 2 is 1.89 bits per heavy atom. The second-order valence-electron chi connectivity index (χ2n) is 8.89. The SMILES string of the molecule is COC(=O)C1CCN(Cc2ccc3c(c2)CN(C(=O)c2ccc(-n4cnnn4)cc2)CCO3)CC1. The Bertz CT molecular complexity index is 1170. The Morgan fingerprint density at radius 3 is 2.60 bits per heavy atom. The molecule has 10 heteroatoms. The molecular weight excluding hydrogens is 448 g/mol. The van der Waals surface area contributed by atoms with E-state index in [-0.39, 0.29) is 17.8 Å². The van der Waals surface area contributed by atoms with Gasteiger partial charge >= 0.3 is 5.97 Å². The lowest BCUT2D eigenvalue weighted by atomic mass is 9.96. The van der Waals surface area contributed by atoms with E-state index in [1.165, 1.54) is 19.0 Å². The summed E-state index contributed by atoms with van der Waals surface area (Å²) in [4.78, 5) is 29.2. The predicted octanol–water partition coefficient (Wildman–Crippen LogP) is 2.08. The number of ether oxygens (including phenoxy) is 2. The number of hydrogen-bond acceptors (Lipinski definition) is 8. The maximum atomic E-state index is 13.2. The molecule has 3 heterocycles. The van der Waals surface area contributed by atoms with Crippen LogP contribution in [0.3, 0.4) is 0 Å². The fourth-order valence-electron chi connectivity index (χ4n) is 4.69. The Balaban J connectivity index is 1.25. The van der Waals surface area contributed by atoms with Crippen molar-refractivity contribution in [1.82, 2.24) is 30.0 Å². The third-order valence-electron chi connectivity index (χ3n) is 6.65. The predicted molar refractivity (Wildman–Crippen MR) is 126 cm³/mol. The number of aromatic nitrogens is 4. The van der Waals surface area contributed by atoms with Gasteiger partial charge in [-0.05, 0) is 78.3 Å². The van der Waals surface area contributed by atoms with Gasteiger partial charge in [0.2, 0.25) is 0 Å². The highest BCUT2D eigenvalue weighted by Crippen LogP contribution is 2.27. The lowest BCUT2D eigenvalue weighted by Crippen LogP contribution is -2.36. The van der Waals surface area contributed by atoms with Gasteiger partial charge in [-0.15, -0.1) is 5.10 Å². The number of tetrazole rings is 1. The largest absolute Gasteiger partial charge is 0.491 e. The summed E-state index contributed by atoms with van der Waals surface area (Å²) in [5, 5.41) is 11.2. The van der Waals surface area contributed by atoms with Crippen molar-refractivity contribution >= 4 is 11.9 Å². The molecule has 35 heavy (non-hydrogen) atoms. The number of carbonyl (C=O) groups is 2. The maximum Gasteiger partial charge on any atom is 0.308 e. The number of fused-ring (bicyclic) bond motifs is 1. The van der Waals surface area contributed by atoms with Gasteiger partial charge in [-0.2, -0.15) is 0 Å². The van der Waals surface area contributed by atoms with Crippen molar-refractivity contribution in [2.24, 2.45) is 5.92 Å². The molecule has 182 valence electrons. The van der Waals surface area contributed by atoms with Gasteiger partial charge in [-0.25, -0.2) is 4.68 Å². The van der Waals surface area contributed by atoms with Crippen LogP contribution in [0.5, 0.6) is 5.75 Å². The molecule has 0 saturated carbocycles. The summed E-state index contributed by atoms with van der Waals surface area (Å²) in [6.07, 6.45) is 3.14. The molecule has 0 bridgehead atoms. The number of piperidine rings is 1. The molecule has 10 nitrogen and oxygen atoms in total. The first-order valence-corrected chi connectivity index (χ1v) is 11.8. The first kappa shape index (κ1) is 23.0. The van der Waals surface area contributed by atoms with Crippen molar-refractivity contribution in [3.8, 4) is 11.4 Å². The lowest BCUT2D eigenvalue weighted by molar-refractivity contribution is -0.147. The van der Waals surface area contributed by atoms with Crippen LogP contribution in [0.1, 0.15) is 34.3 Å². The number of carbonyl (C=O) groups excluding carboxylic acids is 2. The van der Waals surface area contributed by atoms with E-state index >= 15 is 0 Å². The van der Waals surface area contributed by atoms with Crippen LogP contribution in [0.4, 0.5) is 0 Å². The Labute approximate surface area is 203 Å². The quantitative estimate of drug-likeness (QED) is 0.516. The minimum Gasteiger partial charge on any atom is -0.491 e. The van der Waals surface area contributed by atoms with Crippen LogP contribution in [-0.2, 0) is 22.6 Å². The number of hydrogen-bond donors (Lipinski definition) is 0. The van der Waals surface area contributed by atoms with E-state index in [0.29, 0.717) is 25.3 Å². The van der Waals surface area contributed by atoms with Crippen LogP contribution in [0.2, 0.25) is 0 Å². The molecule has 0 radical (unpaired) electrons. The molecule has 2 aliphatic rings. The summed E-state index contributed by atoms with van der Waals surface area (Å²) in [5.74, 6) is 0.669. The molecule has 1 saturated heterocycles. The van der Waals surface area contributed by atoms with Gasteiger partial charge < -0.3 is 14.4 Å². The maximum absolute atomic E-state index is 13.2. The minimum atomic E-state index is -0.110. The van der Waals surface area contributed by atoms with Gasteiger partial charge in [-0.1, -0.05) is 6.07 Å². The third kappa shape index (κ3) is 5.17. The summed E-state index contributed by atoms with van der Waals surface area (Å²) in [7, 11) is 1.45. The molecule has 0 unspecified atom stereocenters. The summed E-state index contributed by atoms with van der Waals surface area (Å²) in [6.45, 7) is 3.96. The zero-order valence-corrected chi connectivity index (χ0v) is 19.7. The summed E-state index contributed by atoms with van der Waals surface area (Å²) < 4.78 is 12.4. The van der Waals surface area contributed by atoms with Crippen molar-refractivity contribution in [2.45, 2.75) is 25.9 Å². The van der Waals surface area contributed by atoms with Gasteiger partial charge in [0.15, 0.2) is 0 Å². The van der Waals surface area contributed by atoms with E-state index in [4.69, 9.17) is 9.47 Å². The van der Waals surface area contributed by atoms with Gasteiger partial charge in [0.05, 0.1) is 25.3 Å². The number of esters is 1. The molecule has 0 atom stereocenters. The molecule has 5 rings (SSSR count). The highest BCUT2D eigenvalue weighted by Gasteiger charge is 2.26. The topological polar surface area (TPSA) is 103 Å². The number of amides is 1. The molecule has 1 fully saturated rings. The van der Waals surface area contributed by atoms with Crippen molar-refractivity contribution in [3.05, 3.63) is 65.5 Å². The Morgan fingerprint density at radius 1 is 1.09 bits per heavy atom. The number of benzene rings is 2. The monoisotopic (exact) mass is 476 g/mol. The van der Waals surface area contributed by atoms with Gasteiger partial charge in [0.1, 0.15) is 18.7 Å². The van der Waals surface area contributed by atoms with E-state index in [9.17, 15) is 9.59 Å². The molecule has 2 aromatic carbocycles. The average Bonchev–Trinajstić information content (AvgIpc) is 3.35. The smallest absolute Gasteiger partial charge is 0.308 e. The molecule has 0 N–H and O–H groups in total. The van der Waals surface area contributed by atoms with Crippen LogP contribution < -0.4 is 4.74 Å². The minimum absolute atomic E-state index is 0.00166. The highest BCUT2D eigenvalue weighted by atomic mass is 16.5. The second kappa shape index (κ2) is 10.2. The van der Waals surface area contributed by atoms with E-state index in [0.717, 1.165) is 49.5 Å². The molecule has 2 aliphatic heterocycles. The zero-order chi connectivity index (χ0) is 24.2. The van der Waals surface area contributed by atoms with Crippen molar-refractivity contribution < 1.29 is 19.1 Å². The van der Waals surface area contributed by atoms with Crippen molar-refractivity contribution in [1.29, 1.82) is 0 Å². The van der Waals surface area contributed by atoms with Crippen LogP contribution in [0.15, 0.2) is 48.8 Å². The van der Waals surface area contributed by atoms with Crippen LogP contribution in [-0.4, -0.2) is 75.2 Å². The standard InChI is InChI=1S/C25H28N6O4/c1-34-25(33)20-8-10-29(11-9-20)15-18-2-7-23-21(14-18)16-30(12-13-35-23)24(32)19-3-5-22(6-4-19)31-17-26-27-28-31/h2-7,14,17,20H,8-13,15-16H2,1H3. The molecule has 1 amide bonds. The van der Waals surface area contributed by atoms with Crippen LogP contribution >= 0.6 is 0 Å². The Kier molecular flexibility index (Phi) is 6.71. The summed E-state index contributed by atoms with van der Waals surface area (Å²) in [5.41, 5.74) is 3.57.